The Bertz CT molecular complexity index is 905. The molecule has 1 unspecified atom stereocenters. The van der Waals surface area contributed by atoms with Gasteiger partial charge in [-0.2, -0.15) is 0 Å². The highest BCUT2D eigenvalue weighted by molar-refractivity contribution is 7.17. The number of thiophene rings is 1. The summed E-state index contributed by atoms with van der Waals surface area (Å²) >= 11 is 0.929. The Hall–Kier alpha value is -2.65. The number of aliphatic carboxylic acids is 1. The van der Waals surface area contributed by atoms with Crippen LogP contribution >= 0.6 is 11.3 Å². The average Bonchev–Trinajstić information content (AvgIpc) is 3.12. The van der Waals surface area contributed by atoms with Gasteiger partial charge in [0, 0.05) is 4.88 Å². The second kappa shape index (κ2) is 6.93. The molecule has 26 heavy (non-hydrogen) atoms. The second-order valence-corrected chi connectivity index (χ2v) is 6.81. The van der Waals surface area contributed by atoms with Crippen molar-refractivity contribution in [1.82, 2.24) is 0 Å². The van der Waals surface area contributed by atoms with Gasteiger partial charge in [-0.1, -0.05) is 6.07 Å². The number of amides is 1. The van der Waals surface area contributed by atoms with E-state index in [-0.39, 0.29) is 30.0 Å². The third-order valence-corrected chi connectivity index (χ3v) is 5.45. The summed E-state index contributed by atoms with van der Waals surface area (Å²) in [7, 11) is 0. The van der Waals surface area contributed by atoms with Crippen LogP contribution in [0.15, 0.2) is 18.2 Å². The molecule has 0 saturated heterocycles. The molecule has 0 bridgehead atoms. The van der Waals surface area contributed by atoms with Crippen molar-refractivity contribution in [3.05, 3.63) is 51.4 Å². The van der Waals surface area contributed by atoms with Crippen molar-refractivity contribution in [3.8, 4) is 0 Å². The van der Waals surface area contributed by atoms with Crippen LogP contribution < -0.4 is 11.1 Å². The zero-order chi connectivity index (χ0) is 19.0. The van der Waals surface area contributed by atoms with Crippen LogP contribution in [0.4, 0.5) is 13.8 Å². The summed E-state index contributed by atoms with van der Waals surface area (Å²) in [6.07, 6.45) is 0.542. The minimum absolute atomic E-state index is 0.0593. The van der Waals surface area contributed by atoms with Gasteiger partial charge in [-0.3, -0.25) is 14.4 Å². The van der Waals surface area contributed by atoms with Crippen LogP contribution in [0.1, 0.15) is 38.7 Å². The smallest absolute Gasteiger partial charge is 0.311 e. The van der Waals surface area contributed by atoms with Gasteiger partial charge in [-0.05, 0) is 30.5 Å². The maximum atomic E-state index is 14.1. The first-order valence-corrected chi connectivity index (χ1v) is 8.53. The Morgan fingerprint density at radius 3 is 2.46 bits per heavy atom. The number of hydrogen-bond donors (Lipinski definition) is 3. The third-order valence-electron chi connectivity index (χ3n) is 4.19. The summed E-state index contributed by atoms with van der Waals surface area (Å²) < 4.78 is 28.1. The zero-order valence-corrected chi connectivity index (χ0v) is 14.2. The topological polar surface area (TPSA) is 109 Å². The normalized spacial score (nSPS) is 15.6. The number of anilines is 1. The Kier molecular flexibility index (Phi) is 4.84. The van der Waals surface area contributed by atoms with Crippen molar-refractivity contribution in [2.75, 3.05) is 11.9 Å². The second-order valence-electron chi connectivity index (χ2n) is 5.76. The molecular weight excluding hydrogens is 366 g/mol. The van der Waals surface area contributed by atoms with Crippen LogP contribution in [0.3, 0.4) is 0 Å². The molecule has 2 aromatic rings. The van der Waals surface area contributed by atoms with Gasteiger partial charge >= 0.3 is 5.97 Å². The van der Waals surface area contributed by atoms with Gasteiger partial charge < -0.3 is 16.2 Å². The van der Waals surface area contributed by atoms with Crippen LogP contribution in [0, 0.1) is 11.6 Å². The van der Waals surface area contributed by atoms with Crippen LogP contribution in [0.2, 0.25) is 0 Å². The number of carboxylic acid groups (broad SMARTS) is 1. The van der Waals surface area contributed by atoms with Gasteiger partial charge in [0.25, 0.3) is 0 Å². The molecule has 3 rings (SSSR count). The number of fused-ring (bicyclic) bond motifs is 1. The number of hydrogen-bond acceptors (Lipinski definition) is 5. The van der Waals surface area contributed by atoms with Crippen LogP contribution in [-0.2, 0) is 16.0 Å². The van der Waals surface area contributed by atoms with E-state index in [0.29, 0.717) is 10.4 Å². The summed E-state index contributed by atoms with van der Waals surface area (Å²) in [5.41, 5.74) is 4.86. The number of rotatable bonds is 5. The SMILES string of the molecule is NCC(=O)Nc1sc2c(c1C(=O)c1c(F)cccc1F)CCC2C(=O)O. The highest BCUT2D eigenvalue weighted by atomic mass is 32.1. The molecule has 4 N–H and O–H groups in total. The Morgan fingerprint density at radius 2 is 1.88 bits per heavy atom. The summed E-state index contributed by atoms with van der Waals surface area (Å²) in [4.78, 5) is 36.3. The van der Waals surface area contributed by atoms with Gasteiger partial charge in [-0.15, -0.1) is 11.3 Å². The van der Waals surface area contributed by atoms with E-state index in [1.807, 2.05) is 0 Å². The average molecular weight is 380 g/mol. The zero-order valence-electron chi connectivity index (χ0n) is 13.3. The summed E-state index contributed by atoms with van der Waals surface area (Å²) in [5.74, 6) is -5.47. The maximum absolute atomic E-state index is 14.1. The number of nitrogens with two attached hydrogens (primary N) is 1. The Balaban J connectivity index is 2.16. The van der Waals surface area contributed by atoms with E-state index in [2.05, 4.69) is 5.32 Å². The molecule has 1 aromatic carbocycles. The van der Waals surface area contributed by atoms with Crippen LogP contribution in [0.25, 0.3) is 0 Å². The Morgan fingerprint density at radius 1 is 1.23 bits per heavy atom. The number of carbonyl (C=O) groups excluding carboxylic acids is 2. The van der Waals surface area contributed by atoms with E-state index >= 15 is 0 Å². The van der Waals surface area contributed by atoms with Crippen molar-refractivity contribution < 1.29 is 28.3 Å². The molecular formula is C17H14F2N2O4S. The highest BCUT2D eigenvalue weighted by Gasteiger charge is 2.37. The first-order valence-electron chi connectivity index (χ1n) is 7.72. The first-order chi connectivity index (χ1) is 12.3. The van der Waals surface area contributed by atoms with Gasteiger partial charge in [0.15, 0.2) is 0 Å². The largest absolute Gasteiger partial charge is 0.481 e. The fraction of sp³-hybridized carbons (Fsp3) is 0.235. The van der Waals surface area contributed by atoms with E-state index < -0.39 is 40.8 Å². The van der Waals surface area contributed by atoms with Gasteiger partial charge in [0.05, 0.1) is 23.6 Å². The number of ketones is 1. The molecule has 1 aromatic heterocycles. The van der Waals surface area contributed by atoms with Crippen LogP contribution in [-0.4, -0.2) is 29.3 Å². The Labute approximate surface area is 150 Å². The lowest BCUT2D eigenvalue weighted by Crippen LogP contribution is -2.22. The quantitative estimate of drug-likeness (QED) is 0.690. The van der Waals surface area contributed by atoms with Crippen molar-refractivity contribution in [2.24, 2.45) is 5.73 Å². The van der Waals surface area contributed by atoms with Crippen molar-refractivity contribution in [2.45, 2.75) is 18.8 Å². The van der Waals surface area contributed by atoms with E-state index in [4.69, 9.17) is 5.73 Å². The number of halogens is 2. The third kappa shape index (κ3) is 2.99. The number of benzene rings is 1. The van der Waals surface area contributed by atoms with E-state index in [1.54, 1.807) is 0 Å². The fourth-order valence-corrected chi connectivity index (χ4v) is 4.40. The molecule has 136 valence electrons. The lowest BCUT2D eigenvalue weighted by Gasteiger charge is -2.09. The summed E-state index contributed by atoms with van der Waals surface area (Å²) in [5, 5.41) is 11.8. The predicted molar refractivity (Wildman–Crippen MR) is 90.5 cm³/mol. The maximum Gasteiger partial charge on any atom is 0.311 e. The number of carboxylic acids is 1. The molecule has 1 atom stereocenters. The van der Waals surface area contributed by atoms with Crippen molar-refractivity contribution in [3.63, 3.8) is 0 Å². The first kappa shape index (κ1) is 18.2. The number of carbonyl (C=O) groups is 3. The molecule has 1 amide bonds. The predicted octanol–water partition coefficient (Wildman–Crippen LogP) is 2.27. The van der Waals surface area contributed by atoms with Gasteiger partial charge in [-0.25, -0.2) is 8.78 Å². The highest BCUT2D eigenvalue weighted by Crippen LogP contribution is 2.46. The fourth-order valence-electron chi connectivity index (χ4n) is 3.01. The minimum atomic E-state index is -1.06. The molecule has 1 heterocycles. The number of nitrogens with one attached hydrogen (secondary N) is 1. The van der Waals surface area contributed by atoms with E-state index in [1.165, 1.54) is 0 Å². The van der Waals surface area contributed by atoms with E-state index in [9.17, 15) is 28.3 Å². The molecule has 0 saturated carbocycles. The molecule has 1 aliphatic rings. The minimum Gasteiger partial charge on any atom is -0.481 e. The molecule has 6 nitrogen and oxygen atoms in total. The monoisotopic (exact) mass is 380 g/mol. The lowest BCUT2D eigenvalue weighted by atomic mass is 9.99. The molecule has 9 heteroatoms. The van der Waals surface area contributed by atoms with Gasteiger partial charge in [0.1, 0.15) is 16.6 Å². The van der Waals surface area contributed by atoms with Crippen molar-refractivity contribution >= 4 is 34.0 Å². The summed E-state index contributed by atoms with van der Waals surface area (Å²) in [6.45, 7) is -0.355. The molecule has 0 aliphatic heterocycles. The molecule has 0 fully saturated rings. The lowest BCUT2D eigenvalue weighted by molar-refractivity contribution is -0.138. The van der Waals surface area contributed by atoms with E-state index in [0.717, 1.165) is 29.5 Å². The standard InChI is InChI=1S/C17H14F2N2O4S/c18-9-2-1-3-10(19)13(9)14(23)12-7-4-5-8(17(24)25)15(7)26-16(12)21-11(22)6-20/h1-3,8H,4-6,20H2,(H,21,22)(H,24,25). The molecule has 0 spiro atoms. The van der Waals surface area contributed by atoms with Gasteiger partial charge in [0.2, 0.25) is 11.7 Å². The molecule has 1 aliphatic carbocycles. The summed E-state index contributed by atoms with van der Waals surface area (Å²) in [6, 6.07) is 3.05. The van der Waals surface area contributed by atoms with Crippen molar-refractivity contribution in [1.29, 1.82) is 0 Å². The van der Waals surface area contributed by atoms with Crippen LogP contribution in [0.5, 0.6) is 0 Å². The molecule has 0 radical (unpaired) electrons.